The summed E-state index contributed by atoms with van der Waals surface area (Å²) in [5, 5.41) is 0. The van der Waals surface area contributed by atoms with Gasteiger partial charge in [-0.3, -0.25) is 4.79 Å². The van der Waals surface area contributed by atoms with Crippen molar-refractivity contribution in [3.63, 3.8) is 0 Å². The number of rotatable bonds is 2. The maximum Gasteiger partial charge on any atom is 0.256 e. The Morgan fingerprint density at radius 3 is 3.06 bits per heavy atom. The van der Waals surface area contributed by atoms with E-state index in [-0.39, 0.29) is 17.6 Å². The van der Waals surface area contributed by atoms with E-state index in [0.717, 1.165) is 12.8 Å². The fourth-order valence-corrected chi connectivity index (χ4v) is 2.19. The SMILES string of the molecule is COC1CCCN(C(=O)c2cc(N)ccc2F)C1. The van der Waals surface area contributed by atoms with Gasteiger partial charge < -0.3 is 15.4 Å². The predicted molar refractivity (Wildman–Crippen MR) is 66.7 cm³/mol. The number of benzene rings is 1. The number of methoxy groups -OCH3 is 1. The molecule has 0 saturated carbocycles. The normalized spacial score (nSPS) is 19.9. The lowest BCUT2D eigenvalue weighted by Gasteiger charge is -2.32. The lowest BCUT2D eigenvalue weighted by Crippen LogP contribution is -2.43. The molecule has 1 aromatic carbocycles. The second kappa shape index (κ2) is 5.35. The van der Waals surface area contributed by atoms with Crippen LogP contribution < -0.4 is 5.73 Å². The summed E-state index contributed by atoms with van der Waals surface area (Å²) in [7, 11) is 1.62. The third-order valence-corrected chi connectivity index (χ3v) is 3.22. The van der Waals surface area contributed by atoms with E-state index in [9.17, 15) is 9.18 Å². The highest BCUT2D eigenvalue weighted by Crippen LogP contribution is 2.19. The Morgan fingerprint density at radius 1 is 1.56 bits per heavy atom. The van der Waals surface area contributed by atoms with Gasteiger partial charge in [0.05, 0.1) is 11.7 Å². The van der Waals surface area contributed by atoms with Crippen LogP contribution in [-0.4, -0.2) is 37.1 Å². The molecule has 5 heteroatoms. The maximum atomic E-state index is 13.6. The van der Waals surface area contributed by atoms with Gasteiger partial charge in [0.2, 0.25) is 0 Å². The quantitative estimate of drug-likeness (QED) is 0.814. The van der Waals surface area contributed by atoms with Crippen LogP contribution in [0.25, 0.3) is 0 Å². The maximum absolute atomic E-state index is 13.6. The fourth-order valence-electron chi connectivity index (χ4n) is 2.19. The number of likely N-dealkylation sites (tertiary alicyclic amines) is 1. The van der Waals surface area contributed by atoms with Crippen LogP contribution in [0.4, 0.5) is 10.1 Å². The number of halogens is 1. The van der Waals surface area contributed by atoms with Gasteiger partial charge in [-0.05, 0) is 31.0 Å². The van der Waals surface area contributed by atoms with Gasteiger partial charge in [-0.25, -0.2) is 4.39 Å². The molecule has 98 valence electrons. The molecule has 0 radical (unpaired) electrons. The molecule has 0 bridgehead atoms. The van der Waals surface area contributed by atoms with Crippen LogP contribution >= 0.6 is 0 Å². The molecule has 0 aliphatic carbocycles. The predicted octanol–water partition coefficient (Wildman–Crippen LogP) is 1.66. The largest absolute Gasteiger partial charge is 0.399 e. The number of nitrogen functional groups attached to an aromatic ring is 1. The summed E-state index contributed by atoms with van der Waals surface area (Å²) in [6.07, 6.45) is 1.83. The Hall–Kier alpha value is -1.62. The molecular weight excluding hydrogens is 235 g/mol. The Bertz CT molecular complexity index is 451. The first kappa shape index (κ1) is 12.8. The highest BCUT2D eigenvalue weighted by atomic mass is 19.1. The van der Waals surface area contributed by atoms with Crippen LogP contribution in [0.2, 0.25) is 0 Å². The van der Waals surface area contributed by atoms with Crippen LogP contribution in [-0.2, 0) is 4.74 Å². The van der Waals surface area contributed by atoms with Gasteiger partial charge in [-0.1, -0.05) is 0 Å². The average molecular weight is 252 g/mol. The van der Waals surface area contributed by atoms with E-state index in [2.05, 4.69) is 0 Å². The molecule has 4 nitrogen and oxygen atoms in total. The Labute approximate surface area is 106 Å². The number of amides is 1. The highest BCUT2D eigenvalue weighted by Gasteiger charge is 2.25. The van der Waals surface area contributed by atoms with Crippen molar-refractivity contribution in [2.75, 3.05) is 25.9 Å². The van der Waals surface area contributed by atoms with Gasteiger partial charge in [0.15, 0.2) is 0 Å². The number of carbonyl (C=O) groups is 1. The molecule has 0 spiro atoms. The summed E-state index contributed by atoms with van der Waals surface area (Å²) in [4.78, 5) is 13.8. The molecule has 0 aromatic heterocycles. The minimum absolute atomic E-state index is 0.0340. The van der Waals surface area contributed by atoms with E-state index < -0.39 is 5.82 Å². The third kappa shape index (κ3) is 2.61. The zero-order chi connectivity index (χ0) is 13.1. The van der Waals surface area contributed by atoms with E-state index in [1.807, 2.05) is 0 Å². The summed E-state index contributed by atoms with van der Waals surface area (Å²) in [5.74, 6) is -0.852. The molecule has 1 amide bonds. The summed E-state index contributed by atoms with van der Waals surface area (Å²) in [6.45, 7) is 1.14. The number of carbonyl (C=O) groups excluding carboxylic acids is 1. The zero-order valence-electron chi connectivity index (χ0n) is 10.4. The summed E-state index contributed by atoms with van der Waals surface area (Å²) in [6, 6.07) is 4.05. The van der Waals surface area contributed by atoms with Crippen molar-refractivity contribution in [3.8, 4) is 0 Å². The Balaban J connectivity index is 2.17. The van der Waals surface area contributed by atoms with Crippen molar-refractivity contribution in [2.45, 2.75) is 18.9 Å². The van der Waals surface area contributed by atoms with E-state index in [1.165, 1.54) is 18.2 Å². The highest BCUT2D eigenvalue weighted by molar-refractivity contribution is 5.95. The van der Waals surface area contributed by atoms with E-state index in [1.54, 1.807) is 12.0 Å². The summed E-state index contributed by atoms with van der Waals surface area (Å²) >= 11 is 0. The molecule has 2 N–H and O–H groups in total. The molecule has 1 unspecified atom stereocenters. The van der Waals surface area contributed by atoms with Crippen LogP contribution in [0.1, 0.15) is 23.2 Å². The monoisotopic (exact) mass is 252 g/mol. The smallest absolute Gasteiger partial charge is 0.256 e. The second-order valence-corrected chi connectivity index (χ2v) is 4.49. The summed E-state index contributed by atoms with van der Waals surface area (Å²) < 4.78 is 18.9. The van der Waals surface area contributed by atoms with Gasteiger partial charge in [-0.2, -0.15) is 0 Å². The van der Waals surface area contributed by atoms with Crippen molar-refractivity contribution < 1.29 is 13.9 Å². The number of hydrogen-bond acceptors (Lipinski definition) is 3. The molecule has 1 atom stereocenters. The minimum atomic E-state index is -0.534. The molecule has 1 heterocycles. The molecule has 1 aromatic rings. The molecule has 2 rings (SSSR count). The lowest BCUT2D eigenvalue weighted by atomic mass is 10.1. The molecule has 18 heavy (non-hydrogen) atoms. The van der Waals surface area contributed by atoms with Crippen LogP contribution in [0.15, 0.2) is 18.2 Å². The molecule has 1 saturated heterocycles. The fraction of sp³-hybridized carbons (Fsp3) is 0.462. The first-order valence-corrected chi connectivity index (χ1v) is 5.99. The molecular formula is C13H17FN2O2. The zero-order valence-corrected chi connectivity index (χ0v) is 10.4. The lowest BCUT2D eigenvalue weighted by molar-refractivity contribution is 0.0266. The van der Waals surface area contributed by atoms with Crippen LogP contribution in [0.5, 0.6) is 0 Å². The summed E-state index contributed by atoms with van der Waals surface area (Å²) in [5.41, 5.74) is 6.01. The van der Waals surface area contributed by atoms with Gasteiger partial charge in [0.25, 0.3) is 5.91 Å². The standard InChI is InChI=1S/C13H17FN2O2/c1-18-10-3-2-6-16(8-10)13(17)11-7-9(15)4-5-12(11)14/h4-5,7,10H,2-3,6,8,15H2,1H3. The number of hydrogen-bond donors (Lipinski definition) is 1. The molecule has 1 fully saturated rings. The number of anilines is 1. The Morgan fingerprint density at radius 2 is 2.33 bits per heavy atom. The number of nitrogens with two attached hydrogens (primary N) is 1. The number of ether oxygens (including phenoxy) is 1. The number of nitrogens with zero attached hydrogens (tertiary/aromatic N) is 1. The van der Waals surface area contributed by atoms with E-state index >= 15 is 0 Å². The van der Waals surface area contributed by atoms with Gasteiger partial charge in [0.1, 0.15) is 5.82 Å². The van der Waals surface area contributed by atoms with E-state index in [0.29, 0.717) is 18.8 Å². The Kier molecular flexibility index (Phi) is 3.81. The van der Waals surface area contributed by atoms with Crippen molar-refractivity contribution >= 4 is 11.6 Å². The van der Waals surface area contributed by atoms with Gasteiger partial charge in [-0.15, -0.1) is 0 Å². The minimum Gasteiger partial charge on any atom is -0.399 e. The van der Waals surface area contributed by atoms with Gasteiger partial charge in [0, 0.05) is 25.9 Å². The topological polar surface area (TPSA) is 55.6 Å². The van der Waals surface area contributed by atoms with Crippen molar-refractivity contribution in [2.24, 2.45) is 0 Å². The van der Waals surface area contributed by atoms with Crippen molar-refractivity contribution in [1.82, 2.24) is 4.90 Å². The van der Waals surface area contributed by atoms with Gasteiger partial charge >= 0.3 is 0 Å². The van der Waals surface area contributed by atoms with Crippen molar-refractivity contribution in [1.29, 1.82) is 0 Å². The number of piperidine rings is 1. The van der Waals surface area contributed by atoms with Crippen molar-refractivity contribution in [3.05, 3.63) is 29.6 Å². The van der Waals surface area contributed by atoms with Crippen LogP contribution in [0, 0.1) is 5.82 Å². The molecule has 1 aliphatic rings. The average Bonchev–Trinajstić information content (AvgIpc) is 2.41. The van der Waals surface area contributed by atoms with E-state index in [4.69, 9.17) is 10.5 Å². The van der Waals surface area contributed by atoms with Crippen LogP contribution in [0.3, 0.4) is 0 Å². The first-order chi connectivity index (χ1) is 8.61. The second-order valence-electron chi connectivity index (χ2n) is 4.49. The first-order valence-electron chi connectivity index (χ1n) is 5.99. The third-order valence-electron chi connectivity index (χ3n) is 3.22. The molecule has 1 aliphatic heterocycles.